The second kappa shape index (κ2) is 10.6. The molecule has 7 nitrogen and oxygen atoms in total. The Kier molecular flexibility index (Phi) is 7.34. The number of rotatable bonds is 10. The molecular weight excluding hydrogens is 436 g/mol. The molecule has 0 atom stereocenters. The minimum Gasteiger partial charge on any atom is -0.494 e. The van der Waals surface area contributed by atoms with E-state index in [1.165, 1.54) is 24.1 Å². The number of aromatic amines is 1. The number of nitrogens with one attached hydrogen (secondary N) is 1. The molecule has 1 aromatic carbocycles. The number of anilines is 1. The van der Waals surface area contributed by atoms with Crippen LogP contribution in [-0.4, -0.2) is 24.0 Å². The van der Waals surface area contributed by atoms with Crippen molar-refractivity contribution in [3.8, 4) is 27.4 Å². The van der Waals surface area contributed by atoms with Crippen LogP contribution in [-0.2, 0) is 11.2 Å². The molecule has 0 saturated heterocycles. The molecule has 1 aliphatic heterocycles. The smallest absolute Gasteiger partial charge is 0.275 e. The summed E-state index contributed by atoms with van der Waals surface area (Å²) in [6.07, 6.45) is 5.54. The normalized spacial score (nSPS) is 13.2. The first-order valence-electron chi connectivity index (χ1n) is 11.4. The lowest BCUT2D eigenvalue weighted by molar-refractivity contribution is -0.116. The number of ether oxygens (including phenoxy) is 1. The summed E-state index contributed by atoms with van der Waals surface area (Å²) >= 11 is 1.61. The largest absolute Gasteiger partial charge is 0.494 e. The molecule has 8 heteroatoms. The number of unbranched alkanes of at least 4 members (excludes halogenated alkanes) is 3. The van der Waals surface area contributed by atoms with E-state index in [0.29, 0.717) is 17.9 Å². The van der Waals surface area contributed by atoms with Crippen LogP contribution in [0.4, 0.5) is 5.69 Å². The third-order valence-corrected chi connectivity index (χ3v) is 6.78. The molecule has 3 heterocycles. The molecule has 0 bridgehead atoms. The summed E-state index contributed by atoms with van der Waals surface area (Å²) in [7, 11) is 0. The van der Waals surface area contributed by atoms with Gasteiger partial charge in [0.15, 0.2) is 0 Å². The Morgan fingerprint density at radius 3 is 2.55 bits per heavy atom. The van der Waals surface area contributed by atoms with Gasteiger partial charge in [0.25, 0.3) is 11.5 Å². The zero-order valence-electron chi connectivity index (χ0n) is 19.0. The molecule has 1 amide bonds. The number of carbonyl (C=O) groups is 1. The third kappa shape index (κ3) is 5.22. The van der Waals surface area contributed by atoms with Gasteiger partial charge in [0.2, 0.25) is 0 Å². The van der Waals surface area contributed by atoms with E-state index in [0.717, 1.165) is 34.0 Å². The predicted molar refractivity (Wildman–Crippen MR) is 132 cm³/mol. The fraction of sp³-hybridized carbons (Fsp3) is 0.360. The maximum absolute atomic E-state index is 13.1. The summed E-state index contributed by atoms with van der Waals surface area (Å²) in [5.74, 6) is 0.491. The third-order valence-electron chi connectivity index (χ3n) is 5.52. The van der Waals surface area contributed by atoms with Crippen molar-refractivity contribution >= 4 is 22.9 Å². The van der Waals surface area contributed by atoms with Crippen molar-refractivity contribution < 1.29 is 9.53 Å². The molecule has 33 heavy (non-hydrogen) atoms. The van der Waals surface area contributed by atoms with E-state index in [4.69, 9.17) is 4.74 Å². The number of thiophene rings is 1. The highest BCUT2D eigenvalue weighted by atomic mass is 32.1. The summed E-state index contributed by atoms with van der Waals surface area (Å²) in [5, 5.41) is 8.80. The lowest BCUT2D eigenvalue weighted by Crippen LogP contribution is -2.29. The maximum atomic E-state index is 13.1. The molecule has 0 unspecified atom stereocenters. The number of hydrogen-bond acceptors (Lipinski definition) is 6. The Balaban J connectivity index is 1.65. The number of benzene rings is 1. The summed E-state index contributed by atoms with van der Waals surface area (Å²) in [6, 6.07) is 13.6. The van der Waals surface area contributed by atoms with Gasteiger partial charge in [-0.2, -0.15) is 10.1 Å². The standard InChI is InChI=1S/C25H28N4O3S/c1-3-5-6-7-14-32-18-10-8-17(9-11-18)21-15-20(22-13-12-19(4-2)33-22)24(25(31)27-21)29-23(30)16-26-28-29/h8-13,15H,3-7,14,16H2,1-2H3,(H,27,31). The van der Waals surface area contributed by atoms with Crippen LogP contribution in [0, 0.1) is 0 Å². The minimum absolute atomic E-state index is 0.0504. The predicted octanol–water partition coefficient (Wildman–Crippen LogP) is 6.01. The Morgan fingerprint density at radius 2 is 1.88 bits per heavy atom. The van der Waals surface area contributed by atoms with Crippen LogP contribution in [0.1, 0.15) is 44.4 Å². The maximum Gasteiger partial charge on any atom is 0.275 e. The van der Waals surface area contributed by atoms with Crippen molar-refractivity contribution in [2.45, 2.75) is 46.0 Å². The average molecular weight is 465 g/mol. The van der Waals surface area contributed by atoms with Crippen molar-refractivity contribution in [1.82, 2.24) is 4.98 Å². The minimum atomic E-state index is -0.376. The molecular formula is C25H28N4O3S. The number of amides is 1. The Labute approximate surface area is 197 Å². The zero-order chi connectivity index (χ0) is 23.2. The molecule has 0 saturated carbocycles. The van der Waals surface area contributed by atoms with Gasteiger partial charge in [0.1, 0.15) is 18.0 Å². The average Bonchev–Trinajstić information content (AvgIpc) is 3.48. The van der Waals surface area contributed by atoms with Crippen LogP contribution < -0.4 is 15.3 Å². The number of carbonyl (C=O) groups excluding carboxylic acids is 1. The number of H-pyrrole nitrogens is 1. The number of aromatic nitrogens is 1. The van der Waals surface area contributed by atoms with Crippen LogP contribution >= 0.6 is 11.3 Å². The second-order valence-corrected chi connectivity index (χ2v) is 9.09. The van der Waals surface area contributed by atoms with Gasteiger partial charge in [-0.1, -0.05) is 38.3 Å². The van der Waals surface area contributed by atoms with E-state index in [9.17, 15) is 9.59 Å². The Bertz CT molecular complexity index is 1200. The van der Waals surface area contributed by atoms with E-state index in [2.05, 4.69) is 29.2 Å². The summed E-state index contributed by atoms with van der Waals surface area (Å²) < 4.78 is 5.84. The number of nitrogens with zero attached hydrogens (tertiary/aromatic N) is 3. The molecule has 0 spiro atoms. The van der Waals surface area contributed by atoms with E-state index >= 15 is 0 Å². The Hall–Kier alpha value is -3.26. The highest BCUT2D eigenvalue weighted by Gasteiger charge is 2.27. The molecule has 3 aromatic rings. The Morgan fingerprint density at radius 1 is 1.06 bits per heavy atom. The van der Waals surface area contributed by atoms with Crippen molar-refractivity contribution in [2.24, 2.45) is 10.3 Å². The number of aryl methyl sites for hydroxylation is 1. The first kappa shape index (κ1) is 22.9. The van der Waals surface area contributed by atoms with Crippen LogP contribution in [0.25, 0.3) is 21.7 Å². The van der Waals surface area contributed by atoms with Crippen LogP contribution in [0.5, 0.6) is 5.75 Å². The molecule has 172 valence electrons. The van der Waals surface area contributed by atoms with Gasteiger partial charge in [0, 0.05) is 21.0 Å². The lowest BCUT2D eigenvalue weighted by Gasteiger charge is -2.15. The van der Waals surface area contributed by atoms with Gasteiger partial charge in [-0.05, 0) is 60.9 Å². The molecule has 1 aliphatic rings. The molecule has 1 N–H and O–H groups in total. The fourth-order valence-corrected chi connectivity index (χ4v) is 4.67. The molecule has 0 fully saturated rings. The molecule has 2 aromatic heterocycles. The van der Waals surface area contributed by atoms with E-state index in [1.807, 2.05) is 42.5 Å². The fourth-order valence-electron chi connectivity index (χ4n) is 3.71. The van der Waals surface area contributed by atoms with Gasteiger partial charge in [-0.15, -0.1) is 11.3 Å². The van der Waals surface area contributed by atoms with Crippen molar-refractivity contribution in [2.75, 3.05) is 18.2 Å². The highest BCUT2D eigenvalue weighted by molar-refractivity contribution is 7.15. The first-order valence-corrected chi connectivity index (χ1v) is 12.2. The lowest BCUT2D eigenvalue weighted by atomic mass is 10.1. The van der Waals surface area contributed by atoms with E-state index in [1.54, 1.807) is 11.3 Å². The summed E-state index contributed by atoms with van der Waals surface area (Å²) in [6.45, 7) is 4.93. The topological polar surface area (TPSA) is 87.1 Å². The van der Waals surface area contributed by atoms with Gasteiger partial charge >= 0.3 is 0 Å². The van der Waals surface area contributed by atoms with Gasteiger partial charge in [-0.3, -0.25) is 9.59 Å². The van der Waals surface area contributed by atoms with Crippen LogP contribution in [0.3, 0.4) is 0 Å². The quantitative estimate of drug-likeness (QED) is 0.373. The van der Waals surface area contributed by atoms with Crippen molar-refractivity contribution in [3.05, 3.63) is 57.7 Å². The molecule has 0 radical (unpaired) electrons. The monoisotopic (exact) mass is 464 g/mol. The summed E-state index contributed by atoms with van der Waals surface area (Å²) in [5.41, 5.74) is 2.04. The molecule has 0 aliphatic carbocycles. The highest BCUT2D eigenvalue weighted by Crippen LogP contribution is 2.37. The van der Waals surface area contributed by atoms with Crippen LogP contribution in [0.2, 0.25) is 0 Å². The van der Waals surface area contributed by atoms with Crippen LogP contribution in [0.15, 0.2) is 57.6 Å². The number of hydrogen-bond donors (Lipinski definition) is 1. The SMILES string of the molecule is CCCCCCOc1ccc(-c2cc(-c3ccc(CC)s3)c(N3N=NCC3=O)c(=O)[nH]2)cc1. The van der Waals surface area contributed by atoms with E-state index < -0.39 is 0 Å². The zero-order valence-corrected chi connectivity index (χ0v) is 19.8. The summed E-state index contributed by atoms with van der Waals surface area (Å²) in [4.78, 5) is 30.5. The van der Waals surface area contributed by atoms with Gasteiger partial charge in [-0.25, -0.2) is 0 Å². The number of pyridine rings is 1. The van der Waals surface area contributed by atoms with Gasteiger partial charge < -0.3 is 9.72 Å². The van der Waals surface area contributed by atoms with Crippen molar-refractivity contribution in [3.63, 3.8) is 0 Å². The first-order chi connectivity index (χ1) is 16.1. The molecule has 4 rings (SSSR count). The van der Waals surface area contributed by atoms with Gasteiger partial charge in [0.05, 0.1) is 6.61 Å². The second-order valence-electron chi connectivity index (χ2n) is 7.92. The van der Waals surface area contributed by atoms with E-state index in [-0.39, 0.29) is 23.7 Å². The van der Waals surface area contributed by atoms with Crippen molar-refractivity contribution in [1.29, 1.82) is 0 Å².